The van der Waals surface area contributed by atoms with Crippen molar-refractivity contribution in [2.45, 2.75) is 29.4 Å². The highest BCUT2D eigenvalue weighted by Gasteiger charge is 2.26. The molecule has 2 amide bonds. The van der Waals surface area contributed by atoms with E-state index in [0.717, 1.165) is 18.5 Å². The van der Waals surface area contributed by atoms with Gasteiger partial charge in [0.1, 0.15) is 11.5 Å². The van der Waals surface area contributed by atoms with Crippen LogP contribution in [0.2, 0.25) is 0 Å². The molecule has 2 heterocycles. The molecule has 1 fully saturated rings. The maximum atomic E-state index is 12.4. The number of nitrogens with one attached hydrogen (secondary N) is 3. The minimum atomic E-state index is -3.59. The Kier molecular flexibility index (Phi) is 4.93. The number of furan rings is 1. The molecule has 1 aliphatic carbocycles. The number of benzene rings is 1. The predicted octanol–water partition coefficient (Wildman–Crippen LogP) is 1.93. The second-order valence-electron chi connectivity index (χ2n) is 6.73. The minimum Gasteiger partial charge on any atom is -0.455 e. The van der Waals surface area contributed by atoms with E-state index in [1.165, 1.54) is 24.3 Å². The maximum absolute atomic E-state index is 12.4. The summed E-state index contributed by atoms with van der Waals surface area (Å²) in [4.78, 5) is 24.4. The molecule has 4 rings (SSSR count). The number of hydrogen-bond donors (Lipinski definition) is 3. The standard InChI is InChI=1S/C19H18N4O5S/c24-18(16-10-15(20-21-16)12-6-7-12)22-23-19(25)17-9-8-13(28-17)11-29(26,27)14-4-2-1-3-5-14/h1-5,8-10,12H,6-7,11H2,(H,20,21)(H,22,24)(H,23,25). The molecule has 0 radical (unpaired) electrons. The highest BCUT2D eigenvalue weighted by atomic mass is 32.2. The number of rotatable bonds is 6. The smallest absolute Gasteiger partial charge is 0.305 e. The zero-order chi connectivity index (χ0) is 20.4. The molecular formula is C19H18N4O5S. The molecule has 3 N–H and O–H groups in total. The average Bonchev–Trinajstić information content (AvgIpc) is 3.26. The van der Waals surface area contributed by atoms with Gasteiger partial charge in [-0.25, -0.2) is 8.42 Å². The SMILES string of the molecule is O=C(NNC(=O)c1ccc(CS(=O)(=O)c2ccccc2)o1)c1cc(C2CC2)[nH]n1. The summed E-state index contributed by atoms with van der Waals surface area (Å²) in [5, 5.41) is 6.73. The van der Waals surface area contributed by atoms with Crippen molar-refractivity contribution in [3.05, 3.63) is 71.4 Å². The van der Waals surface area contributed by atoms with Gasteiger partial charge in [0.2, 0.25) is 0 Å². The zero-order valence-electron chi connectivity index (χ0n) is 15.2. The van der Waals surface area contributed by atoms with Crippen LogP contribution in [0.25, 0.3) is 0 Å². The van der Waals surface area contributed by atoms with Crippen LogP contribution < -0.4 is 10.9 Å². The second kappa shape index (κ2) is 7.55. The molecule has 29 heavy (non-hydrogen) atoms. The Balaban J connectivity index is 1.35. The van der Waals surface area contributed by atoms with E-state index < -0.39 is 21.7 Å². The Morgan fingerprint density at radius 2 is 1.79 bits per heavy atom. The molecule has 2 aromatic heterocycles. The van der Waals surface area contributed by atoms with E-state index in [4.69, 9.17) is 4.42 Å². The predicted molar refractivity (Wildman–Crippen MR) is 102 cm³/mol. The summed E-state index contributed by atoms with van der Waals surface area (Å²) in [7, 11) is -3.59. The fraction of sp³-hybridized carbons (Fsp3) is 0.211. The van der Waals surface area contributed by atoms with Gasteiger partial charge in [0.05, 0.1) is 4.90 Å². The largest absolute Gasteiger partial charge is 0.455 e. The Labute approximate surface area is 166 Å². The molecule has 150 valence electrons. The van der Waals surface area contributed by atoms with Crippen LogP contribution in [0.3, 0.4) is 0 Å². The van der Waals surface area contributed by atoms with Crippen molar-refractivity contribution in [3.8, 4) is 0 Å². The van der Waals surface area contributed by atoms with E-state index in [-0.39, 0.29) is 27.9 Å². The van der Waals surface area contributed by atoms with Crippen molar-refractivity contribution < 1.29 is 22.4 Å². The van der Waals surface area contributed by atoms with E-state index in [0.29, 0.717) is 5.92 Å². The fourth-order valence-electron chi connectivity index (χ4n) is 2.77. The molecule has 0 unspecified atom stereocenters. The number of amides is 2. The van der Waals surface area contributed by atoms with Gasteiger partial charge in [-0.15, -0.1) is 0 Å². The molecule has 1 saturated carbocycles. The number of hydrazine groups is 1. The summed E-state index contributed by atoms with van der Waals surface area (Å²) in [6.07, 6.45) is 2.14. The van der Waals surface area contributed by atoms with E-state index in [2.05, 4.69) is 21.0 Å². The van der Waals surface area contributed by atoms with Gasteiger partial charge in [0, 0.05) is 11.6 Å². The number of carbonyl (C=O) groups excluding carboxylic acids is 2. The molecule has 0 spiro atoms. The third-order valence-corrected chi connectivity index (χ3v) is 6.11. The first-order chi connectivity index (χ1) is 13.9. The Bertz CT molecular complexity index is 1150. The normalized spacial score (nSPS) is 13.8. The van der Waals surface area contributed by atoms with Gasteiger partial charge in [-0.1, -0.05) is 18.2 Å². The summed E-state index contributed by atoms with van der Waals surface area (Å²) < 4.78 is 30.1. The third-order valence-electron chi connectivity index (χ3n) is 4.46. The summed E-state index contributed by atoms with van der Waals surface area (Å²) in [6.45, 7) is 0. The quantitative estimate of drug-likeness (QED) is 0.528. The highest BCUT2D eigenvalue weighted by molar-refractivity contribution is 7.90. The lowest BCUT2D eigenvalue weighted by Crippen LogP contribution is -2.41. The van der Waals surface area contributed by atoms with Gasteiger partial charge < -0.3 is 4.42 Å². The Morgan fingerprint density at radius 3 is 2.52 bits per heavy atom. The van der Waals surface area contributed by atoms with Crippen LogP contribution in [0, 0.1) is 0 Å². The van der Waals surface area contributed by atoms with Crippen molar-refractivity contribution in [2.24, 2.45) is 0 Å². The van der Waals surface area contributed by atoms with Gasteiger partial charge in [-0.3, -0.25) is 25.5 Å². The highest BCUT2D eigenvalue weighted by Crippen LogP contribution is 2.38. The Hall–Kier alpha value is -3.40. The summed E-state index contributed by atoms with van der Waals surface area (Å²) >= 11 is 0. The van der Waals surface area contributed by atoms with Crippen LogP contribution in [0.4, 0.5) is 0 Å². The van der Waals surface area contributed by atoms with Gasteiger partial charge in [0.25, 0.3) is 5.91 Å². The van der Waals surface area contributed by atoms with Crippen LogP contribution >= 0.6 is 0 Å². The lowest BCUT2D eigenvalue weighted by Gasteiger charge is -2.04. The summed E-state index contributed by atoms with van der Waals surface area (Å²) in [5.74, 6) is -1.24. The molecule has 3 aromatic rings. The molecular weight excluding hydrogens is 396 g/mol. The molecule has 10 heteroatoms. The fourth-order valence-corrected chi connectivity index (χ4v) is 4.04. The summed E-state index contributed by atoms with van der Waals surface area (Å²) in [5.41, 5.74) is 5.55. The molecule has 9 nitrogen and oxygen atoms in total. The molecule has 0 aliphatic heterocycles. The number of H-pyrrole nitrogens is 1. The van der Waals surface area contributed by atoms with Crippen LogP contribution in [-0.2, 0) is 15.6 Å². The van der Waals surface area contributed by atoms with Crippen LogP contribution in [0.1, 0.15) is 51.3 Å². The van der Waals surface area contributed by atoms with Gasteiger partial charge in [-0.2, -0.15) is 5.10 Å². The first kappa shape index (κ1) is 18.9. The maximum Gasteiger partial charge on any atom is 0.305 e. The Morgan fingerprint density at radius 1 is 1.07 bits per heavy atom. The van der Waals surface area contributed by atoms with Crippen LogP contribution in [-0.4, -0.2) is 30.4 Å². The van der Waals surface area contributed by atoms with Crippen molar-refractivity contribution in [2.75, 3.05) is 0 Å². The van der Waals surface area contributed by atoms with Crippen molar-refractivity contribution >= 4 is 21.7 Å². The second-order valence-corrected chi connectivity index (χ2v) is 8.72. The van der Waals surface area contributed by atoms with Crippen molar-refractivity contribution in [1.29, 1.82) is 0 Å². The number of nitrogens with zero attached hydrogens (tertiary/aromatic N) is 1. The van der Waals surface area contributed by atoms with Crippen molar-refractivity contribution in [3.63, 3.8) is 0 Å². The molecule has 0 saturated heterocycles. The van der Waals surface area contributed by atoms with Gasteiger partial charge in [0.15, 0.2) is 21.3 Å². The topological polar surface area (TPSA) is 134 Å². The van der Waals surface area contributed by atoms with Crippen LogP contribution in [0.5, 0.6) is 0 Å². The monoisotopic (exact) mass is 414 g/mol. The van der Waals surface area contributed by atoms with Gasteiger partial charge in [-0.05, 0) is 43.2 Å². The van der Waals surface area contributed by atoms with Gasteiger partial charge >= 0.3 is 5.91 Å². The molecule has 1 aliphatic rings. The number of aromatic nitrogens is 2. The van der Waals surface area contributed by atoms with Crippen LogP contribution in [0.15, 0.2) is 57.8 Å². The first-order valence-corrected chi connectivity index (χ1v) is 10.6. The lowest BCUT2D eigenvalue weighted by atomic mass is 10.2. The molecule has 0 atom stereocenters. The minimum absolute atomic E-state index is 0.117. The van der Waals surface area contributed by atoms with E-state index in [9.17, 15) is 18.0 Å². The molecule has 1 aromatic carbocycles. The lowest BCUT2D eigenvalue weighted by molar-refractivity contribution is 0.0827. The first-order valence-electron chi connectivity index (χ1n) is 8.95. The van der Waals surface area contributed by atoms with E-state index in [1.54, 1.807) is 24.3 Å². The van der Waals surface area contributed by atoms with E-state index >= 15 is 0 Å². The zero-order valence-corrected chi connectivity index (χ0v) is 16.0. The summed E-state index contributed by atoms with van der Waals surface area (Å²) in [6, 6.07) is 12.4. The third kappa shape index (κ3) is 4.37. The van der Waals surface area contributed by atoms with Crippen molar-refractivity contribution in [1.82, 2.24) is 21.0 Å². The number of carbonyl (C=O) groups is 2. The number of sulfone groups is 1. The van der Waals surface area contributed by atoms with E-state index in [1.807, 2.05) is 0 Å². The molecule has 0 bridgehead atoms. The average molecular weight is 414 g/mol. The number of hydrogen-bond acceptors (Lipinski definition) is 6. The number of aromatic amines is 1.